The average Bonchev–Trinajstić information content (AvgIpc) is 2.92. The zero-order valence-corrected chi connectivity index (χ0v) is 22.3. The summed E-state index contributed by atoms with van der Waals surface area (Å²) in [6.07, 6.45) is 0.310. The lowest BCUT2D eigenvalue weighted by molar-refractivity contribution is -0.112. The molecule has 3 nitrogen and oxygen atoms in total. The van der Waals surface area contributed by atoms with Gasteiger partial charge >= 0.3 is 0 Å². The first-order valence-electron chi connectivity index (χ1n) is 12.1. The molecule has 4 rings (SSSR count). The Balaban J connectivity index is 1.86. The Labute approximate surface area is 214 Å². The summed E-state index contributed by atoms with van der Waals surface area (Å²) < 4.78 is 26.9. The summed E-state index contributed by atoms with van der Waals surface area (Å²) >= 11 is 0. The quantitative estimate of drug-likeness (QED) is 0.285. The summed E-state index contributed by atoms with van der Waals surface area (Å²) in [6, 6.07) is 37.1. The van der Waals surface area contributed by atoms with E-state index in [2.05, 4.69) is 36.4 Å². The van der Waals surface area contributed by atoms with Crippen molar-refractivity contribution in [3.63, 3.8) is 0 Å². The van der Waals surface area contributed by atoms with Crippen LogP contribution in [0.15, 0.2) is 120 Å². The number of ketones is 1. The van der Waals surface area contributed by atoms with Gasteiger partial charge in [-0.3, -0.25) is 4.79 Å². The molecule has 0 saturated heterocycles. The van der Waals surface area contributed by atoms with Gasteiger partial charge in [-0.25, -0.2) is 8.42 Å². The first-order valence-corrected chi connectivity index (χ1v) is 15.5. The van der Waals surface area contributed by atoms with E-state index in [-0.39, 0.29) is 17.1 Å². The summed E-state index contributed by atoms with van der Waals surface area (Å²) in [7, 11) is -3.64. The number of Topliss-reactive ketones (excluding diaryl/α,β-unsaturated/α-hetero) is 1. The molecule has 0 heterocycles. The van der Waals surface area contributed by atoms with Crippen LogP contribution in [-0.2, 0) is 14.6 Å². The maximum atomic E-state index is 13.8. The van der Waals surface area contributed by atoms with Crippen molar-refractivity contribution in [2.45, 2.75) is 36.8 Å². The van der Waals surface area contributed by atoms with Crippen LogP contribution in [0.1, 0.15) is 25.3 Å². The predicted molar refractivity (Wildman–Crippen MR) is 153 cm³/mol. The lowest BCUT2D eigenvalue weighted by Gasteiger charge is -2.28. The Morgan fingerprint density at radius 2 is 1.14 bits per heavy atom. The zero-order chi connectivity index (χ0) is 25.6. The van der Waals surface area contributed by atoms with Gasteiger partial charge in [0, 0.05) is 6.42 Å². The van der Waals surface area contributed by atoms with Crippen LogP contribution < -0.4 is 15.9 Å². The molecule has 1 unspecified atom stereocenters. The van der Waals surface area contributed by atoms with E-state index in [0.29, 0.717) is 6.42 Å². The zero-order valence-electron chi connectivity index (χ0n) is 20.6. The van der Waals surface area contributed by atoms with Gasteiger partial charge in [-0.15, -0.1) is 0 Å². The molecule has 4 aromatic carbocycles. The van der Waals surface area contributed by atoms with E-state index in [1.807, 2.05) is 74.2 Å². The van der Waals surface area contributed by atoms with E-state index >= 15 is 0 Å². The minimum Gasteiger partial charge on any atom is -0.295 e. The SMILES string of the molecule is CCC(CC(=O)C=P(c1ccccc1)(c1ccccc1)c1ccccc1)S(=O)(=O)c1ccc(C)cc1. The number of benzene rings is 4. The number of rotatable bonds is 9. The van der Waals surface area contributed by atoms with Gasteiger partial charge in [-0.2, -0.15) is 0 Å². The molecular formula is C31H31O3PS. The molecule has 0 aliphatic rings. The van der Waals surface area contributed by atoms with Crippen molar-refractivity contribution in [3.05, 3.63) is 121 Å². The minimum atomic E-state index is -3.64. The van der Waals surface area contributed by atoms with E-state index in [4.69, 9.17) is 0 Å². The molecule has 0 aliphatic heterocycles. The third kappa shape index (κ3) is 5.31. The fourth-order valence-electron chi connectivity index (χ4n) is 4.55. The Morgan fingerprint density at radius 1 is 0.722 bits per heavy atom. The molecule has 4 aromatic rings. The highest BCUT2D eigenvalue weighted by molar-refractivity contribution is 7.95. The summed E-state index contributed by atoms with van der Waals surface area (Å²) in [6.45, 7) is 1.28. The summed E-state index contributed by atoms with van der Waals surface area (Å²) in [4.78, 5) is 14.1. The van der Waals surface area contributed by atoms with Gasteiger partial charge < -0.3 is 0 Å². The molecule has 0 saturated carbocycles. The van der Waals surface area contributed by atoms with Crippen molar-refractivity contribution < 1.29 is 13.2 Å². The van der Waals surface area contributed by atoms with Crippen LogP contribution in [0.2, 0.25) is 0 Å². The molecule has 5 heteroatoms. The lowest BCUT2D eigenvalue weighted by atomic mass is 10.2. The molecule has 0 fully saturated rings. The highest BCUT2D eigenvalue weighted by Gasteiger charge is 2.31. The summed E-state index contributed by atoms with van der Waals surface area (Å²) in [5, 5.41) is 2.40. The highest BCUT2D eigenvalue weighted by Crippen LogP contribution is 2.43. The number of sulfone groups is 1. The van der Waals surface area contributed by atoms with Crippen LogP contribution in [0.3, 0.4) is 0 Å². The molecule has 0 amide bonds. The van der Waals surface area contributed by atoms with Crippen molar-refractivity contribution in [1.82, 2.24) is 0 Å². The second-order valence-electron chi connectivity index (χ2n) is 8.92. The number of carbonyl (C=O) groups excluding carboxylic acids is 1. The van der Waals surface area contributed by atoms with Crippen molar-refractivity contribution in [2.24, 2.45) is 0 Å². The van der Waals surface area contributed by atoms with E-state index in [0.717, 1.165) is 21.5 Å². The Hall–Kier alpha value is -3.20. The van der Waals surface area contributed by atoms with Crippen molar-refractivity contribution in [2.75, 3.05) is 0 Å². The largest absolute Gasteiger partial charge is 0.295 e. The average molecular weight is 515 g/mol. The van der Waals surface area contributed by atoms with Crippen molar-refractivity contribution in [1.29, 1.82) is 0 Å². The third-order valence-electron chi connectivity index (χ3n) is 6.50. The first kappa shape index (κ1) is 25.9. The summed E-state index contributed by atoms with van der Waals surface area (Å²) in [5.41, 5.74) is 0.995. The summed E-state index contributed by atoms with van der Waals surface area (Å²) in [5.74, 6) is 1.68. The minimum absolute atomic E-state index is 0.0546. The van der Waals surface area contributed by atoms with Crippen molar-refractivity contribution >= 4 is 44.2 Å². The number of hydrogen-bond donors (Lipinski definition) is 0. The standard InChI is InChI=1S/C31H31O3PS/c1-3-30(36(33,34)31-21-19-25(2)20-22-31)23-26(32)24-35(27-13-7-4-8-14-27,28-15-9-5-10-16-28)29-17-11-6-12-18-29/h4-22,24,30H,3,23H2,1-2H3. The van der Waals surface area contributed by atoms with E-state index < -0.39 is 22.0 Å². The monoisotopic (exact) mass is 514 g/mol. The van der Waals surface area contributed by atoms with Crippen LogP contribution in [0.5, 0.6) is 0 Å². The fraction of sp³-hybridized carbons (Fsp3) is 0.161. The van der Waals surface area contributed by atoms with Crippen LogP contribution in [0.25, 0.3) is 0 Å². The van der Waals surface area contributed by atoms with Crippen LogP contribution in [0.4, 0.5) is 0 Å². The van der Waals surface area contributed by atoms with Crippen LogP contribution in [-0.4, -0.2) is 25.2 Å². The van der Waals surface area contributed by atoms with Gasteiger partial charge in [0.1, 0.15) is 0 Å². The molecule has 0 aromatic heterocycles. The van der Waals surface area contributed by atoms with Crippen LogP contribution in [0, 0.1) is 6.92 Å². The molecule has 0 aliphatic carbocycles. The Morgan fingerprint density at radius 3 is 1.53 bits per heavy atom. The van der Waals surface area contributed by atoms with E-state index in [1.165, 1.54) is 0 Å². The van der Waals surface area contributed by atoms with Gasteiger partial charge in [0.25, 0.3) is 0 Å². The van der Waals surface area contributed by atoms with Gasteiger partial charge in [-0.1, -0.05) is 116 Å². The molecular weight excluding hydrogens is 483 g/mol. The fourth-order valence-corrected chi connectivity index (χ4v) is 10.1. The Bertz CT molecular complexity index is 1360. The van der Waals surface area contributed by atoms with Gasteiger partial charge in [0.2, 0.25) is 0 Å². The topological polar surface area (TPSA) is 51.2 Å². The molecule has 0 radical (unpaired) electrons. The molecule has 36 heavy (non-hydrogen) atoms. The maximum Gasteiger partial charge on any atom is 0.181 e. The van der Waals surface area contributed by atoms with Crippen molar-refractivity contribution in [3.8, 4) is 0 Å². The molecule has 0 spiro atoms. The maximum absolute atomic E-state index is 13.8. The normalized spacial score (nSPS) is 12.6. The van der Waals surface area contributed by atoms with E-state index in [9.17, 15) is 13.2 Å². The smallest absolute Gasteiger partial charge is 0.181 e. The van der Waals surface area contributed by atoms with E-state index in [1.54, 1.807) is 24.3 Å². The second kappa shape index (κ2) is 11.2. The number of aryl methyl sites for hydroxylation is 1. The highest BCUT2D eigenvalue weighted by atomic mass is 32.2. The molecule has 0 bridgehead atoms. The predicted octanol–water partition coefficient (Wildman–Crippen LogP) is 5.30. The number of hydrogen-bond acceptors (Lipinski definition) is 3. The van der Waals surface area contributed by atoms with Gasteiger partial charge in [-0.05, 0) is 54.1 Å². The van der Waals surface area contributed by atoms with Gasteiger partial charge in [0.05, 0.1) is 10.1 Å². The molecule has 184 valence electrons. The molecule has 1 atom stereocenters. The lowest BCUT2D eigenvalue weighted by Crippen LogP contribution is -2.30. The second-order valence-corrected chi connectivity index (χ2v) is 14.4. The third-order valence-corrected chi connectivity index (χ3v) is 12.8. The first-order chi connectivity index (χ1) is 17.4. The number of carbonyl (C=O) groups is 1. The Kier molecular flexibility index (Phi) is 8.08. The van der Waals surface area contributed by atoms with Gasteiger partial charge in [0.15, 0.2) is 15.6 Å². The van der Waals surface area contributed by atoms with Crippen LogP contribution >= 0.6 is 6.89 Å². The molecule has 0 N–H and O–H groups in total.